The van der Waals surface area contributed by atoms with Gasteiger partial charge in [-0.1, -0.05) is 0 Å². The van der Waals surface area contributed by atoms with E-state index in [1.165, 1.54) is 18.4 Å². The second-order valence-electron chi connectivity index (χ2n) is 6.78. The first kappa shape index (κ1) is 18.9. The molecule has 4 rings (SSSR count). The van der Waals surface area contributed by atoms with Crippen LogP contribution in [0, 0.1) is 5.82 Å². The Bertz CT molecular complexity index is 974. The van der Waals surface area contributed by atoms with E-state index in [1.807, 2.05) is 0 Å². The largest absolute Gasteiger partial charge is 0.459 e. The highest BCUT2D eigenvalue weighted by molar-refractivity contribution is 5.91. The van der Waals surface area contributed by atoms with Gasteiger partial charge in [0.2, 0.25) is 5.91 Å². The van der Waals surface area contributed by atoms with Gasteiger partial charge in [0.1, 0.15) is 5.82 Å². The molecule has 0 radical (unpaired) electrons. The molecule has 0 N–H and O–H groups in total. The Morgan fingerprint density at radius 1 is 1.03 bits per heavy atom. The van der Waals surface area contributed by atoms with Crippen LogP contribution in [-0.2, 0) is 11.2 Å². The summed E-state index contributed by atoms with van der Waals surface area (Å²) >= 11 is 0. The first-order valence-electron chi connectivity index (χ1n) is 9.41. The van der Waals surface area contributed by atoms with Crippen molar-refractivity contribution in [2.45, 2.75) is 12.8 Å². The Hall–Kier alpha value is -3.42. The summed E-state index contributed by atoms with van der Waals surface area (Å²) in [7, 11) is 0. The van der Waals surface area contributed by atoms with Gasteiger partial charge in [-0.15, -0.1) is 0 Å². The van der Waals surface area contributed by atoms with E-state index >= 15 is 0 Å². The number of piperazine rings is 1. The maximum atomic E-state index is 13.0. The predicted octanol–water partition coefficient (Wildman–Crippen LogP) is 2.99. The van der Waals surface area contributed by atoms with Gasteiger partial charge in [0.25, 0.3) is 5.91 Å². The first-order chi connectivity index (χ1) is 14.1. The number of benzene rings is 1. The van der Waals surface area contributed by atoms with Gasteiger partial charge in [0.05, 0.1) is 12.5 Å². The van der Waals surface area contributed by atoms with E-state index < -0.39 is 0 Å². The summed E-state index contributed by atoms with van der Waals surface area (Å²) in [5, 5.41) is 0. The zero-order valence-corrected chi connectivity index (χ0v) is 15.7. The van der Waals surface area contributed by atoms with Gasteiger partial charge in [0.15, 0.2) is 17.4 Å². The zero-order valence-electron chi connectivity index (χ0n) is 15.7. The third kappa shape index (κ3) is 4.37. The molecule has 1 aliphatic rings. The molecule has 0 saturated carbocycles. The van der Waals surface area contributed by atoms with Crippen molar-refractivity contribution in [2.24, 2.45) is 0 Å². The minimum atomic E-state index is -0.315. The number of nitrogens with zero attached hydrogens (tertiary/aromatic N) is 3. The molecular weight excluding hydrogens is 377 g/mol. The molecule has 0 spiro atoms. The number of carbonyl (C=O) groups excluding carboxylic acids is 2. The van der Waals surface area contributed by atoms with Gasteiger partial charge < -0.3 is 18.6 Å². The zero-order chi connectivity index (χ0) is 20.2. The number of rotatable bonds is 5. The van der Waals surface area contributed by atoms with Gasteiger partial charge in [0, 0.05) is 44.6 Å². The van der Waals surface area contributed by atoms with Crippen molar-refractivity contribution < 1.29 is 22.8 Å². The Morgan fingerprint density at radius 3 is 2.45 bits per heavy atom. The number of furan rings is 1. The lowest BCUT2D eigenvalue weighted by Gasteiger charge is -2.34. The van der Waals surface area contributed by atoms with Crippen molar-refractivity contribution in [3.05, 3.63) is 66.3 Å². The second kappa shape index (κ2) is 8.30. The number of aryl methyl sites for hydroxylation is 1. The molecule has 8 heteroatoms. The van der Waals surface area contributed by atoms with Crippen LogP contribution in [0.15, 0.2) is 57.7 Å². The second-order valence-corrected chi connectivity index (χ2v) is 6.78. The van der Waals surface area contributed by atoms with Crippen LogP contribution in [0.25, 0.3) is 11.3 Å². The fraction of sp³-hybridized carbons (Fsp3) is 0.286. The summed E-state index contributed by atoms with van der Waals surface area (Å²) in [4.78, 5) is 32.4. The molecule has 0 atom stereocenters. The molecule has 150 valence electrons. The fourth-order valence-electron chi connectivity index (χ4n) is 3.26. The molecule has 1 aromatic carbocycles. The minimum absolute atomic E-state index is 0.00312. The molecule has 1 fully saturated rings. The van der Waals surface area contributed by atoms with Crippen LogP contribution < -0.4 is 0 Å². The summed E-state index contributed by atoms with van der Waals surface area (Å²) < 4.78 is 23.8. The van der Waals surface area contributed by atoms with Crippen molar-refractivity contribution >= 4 is 11.8 Å². The van der Waals surface area contributed by atoms with Gasteiger partial charge in [-0.2, -0.15) is 0 Å². The third-order valence-electron chi connectivity index (χ3n) is 4.89. The van der Waals surface area contributed by atoms with Crippen molar-refractivity contribution in [3.8, 4) is 11.3 Å². The predicted molar refractivity (Wildman–Crippen MR) is 101 cm³/mol. The standard InChI is InChI=1S/C21H20FN3O4/c22-16-5-3-15(4-6-16)18-14-23-19(29-18)7-8-20(26)24-9-11-25(12-10-24)21(27)17-2-1-13-28-17/h1-6,13-14H,7-12H2. The van der Waals surface area contributed by atoms with Crippen molar-refractivity contribution in [3.63, 3.8) is 0 Å². The molecule has 7 nitrogen and oxygen atoms in total. The van der Waals surface area contributed by atoms with Crippen molar-refractivity contribution in [2.75, 3.05) is 26.2 Å². The SMILES string of the molecule is O=C(CCc1ncc(-c2ccc(F)cc2)o1)N1CCN(C(=O)c2ccco2)CC1. The molecule has 0 aliphatic carbocycles. The highest BCUT2D eigenvalue weighted by Gasteiger charge is 2.26. The summed E-state index contributed by atoms with van der Waals surface area (Å²) in [6.45, 7) is 1.91. The van der Waals surface area contributed by atoms with Crippen LogP contribution >= 0.6 is 0 Å². The molecule has 29 heavy (non-hydrogen) atoms. The maximum absolute atomic E-state index is 13.0. The maximum Gasteiger partial charge on any atom is 0.289 e. The van der Waals surface area contributed by atoms with Crippen molar-refractivity contribution in [1.29, 1.82) is 0 Å². The van der Waals surface area contributed by atoms with Crippen LogP contribution in [0.3, 0.4) is 0 Å². The summed E-state index contributed by atoms with van der Waals surface area (Å²) in [5.74, 6) is 0.837. The number of aromatic nitrogens is 1. The highest BCUT2D eigenvalue weighted by atomic mass is 19.1. The van der Waals surface area contributed by atoms with Crippen LogP contribution in [0.2, 0.25) is 0 Å². The van der Waals surface area contributed by atoms with E-state index in [9.17, 15) is 14.0 Å². The van der Waals surface area contributed by atoms with Gasteiger partial charge in [-0.25, -0.2) is 9.37 Å². The summed E-state index contributed by atoms with van der Waals surface area (Å²) in [5.41, 5.74) is 0.730. The lowest BCUT2D eigenvalue weighted by atomic mass is 10.2. The number of hydrogen-bond acceptors (Lipinski definition) is 5. The number of amides is 2. The quantitative estimate of drug-likeness (QED) is 0.661. The summed E-state index contributed by atoms with van der Waals surface area (Å²) in [6, 6.07) is 9.27. The number of carbonyl (C=O) groups is 2. The smallest absolute Gasteiger partial charge is 0.289 e. The van der Waals surface area contributed by atoms with E-state index in [-0.39, 0.29) is 24.1 Å². The lowest BCUT2D eigenvalue weighted by molar-refractivity contribution is -0.132. The molecule has 3 heterocycles. The van der Waals surface area contributed by atoms with E-state index in [2.05, 4.69) is 4.98 Å². The molecule has 0 bridgehead atoms. The Morgan fingerprint density at radius 2 is 1.76 bits per heavy atom. The van der Waals surface area contributed by atoms with Crippen LogP contribution in [-0.4, -0.2) is 52.8 Å². The third-order valence-corrected chi connectivity index (χ3v) is 4.89. The monoisotopic (exact) mass is 397 g/mol. The van der Waals surface area contributed by atoms with Gasteiger partial charge >= 0.3 is 0 Å². The van der Waals surface area contributed by atoms with Gasteiger partial charge in [-0.05, 0) is 36.4 Å². The minimum Gasteiger partial charge on any atom is -0.459 e. The van der Waals surface area contributed by atoms with Crippen LogP contribution in [0.4, 0.5) is 4.39 Å². The molecule has 0 unspecified atom stereocenters. The first-order valence-corrected chi connectivity index (χ1v) is 9.41. The van der Waals surface area contributed by atoms with E-state index in [1.54, 1.807) is 40.3 Å². The highest BCUT2D eigenvalue weighted by Crippen LogP contribution is 2.21. The number of hydrogen-bond donors (Lipinski definition) is 0. The Kier molecular flexibility index (Phi) is 5.41. The van der Waals surface area contributed by atoms with E-state index in [0.29, 0.717) is 50.0 Å². The Labute approximate surface area is 166 Å². The number of halogens is 1. The lowest BCUT2D eigenvalue weighted by Crippen LogP contribution is -2.50. The Balaban J connectivity index is 1.26. The van der Waals surface area contributed by atoms with Crippen molar-refractivity contribution in [1.82, 2.24) is 14.8 Å². The average Bonchev–Trinajstić information content (AvgIpc) is 3.44. The molecule has 1 aliphatic heterocycles. The molecule has 2 aromatic heterocycles. The number of oxazole rings is 1. The topological polar surface area (TPSA) is 79.8 Å². The molecule has 2 amide bonds. The van der Waals surface area contributed by atoms with Gasteiger partial charge in [-0.3, -0.25) is 9.59 Å². The molecule has 3 aromatic rings. The molecular formula is C21H20FN3O4. The normalized spacial score (nSPS) is 14.2. The fourth-order valence-corrected chi connectivity index (χ4v) is 3.26. The molecule has 1 saturated heterocycles. The summed E-state index contributed by atoms with van der Waals surface area (Å²) in [6.07, 6.45) is 3.70. The van der Waals surface area contributed by atoms with Crippen LogP contribution in [0.1, 0.15) is 22.9 Å². The van der Waals surface area contributed by atoms with E-state index in [4.69, 9.17) is 8.83 Å². The van der Waals surface area contributed by atoms with Crippen LogP contribution in [0.5, 0.6) is 0 Å². The van der Waals surface area contributed by atoms with E-state index in [0.717, 1.165) is 5.56 Å². The average molecular weight is 397 g/mol.